The minimum absolute atomic E-state index is 0.126. The molecule has 15 heavy (non-hydrogen) atoms. The quantitative estimate of drug-likeness (QED) is 0.810. The third kappa shape index (κ3) is 2.02. The Labute approximate surface area is 88.5 Å². The first-order valence-electron chi connectivity index (χ1n) is 5.32. The molecule has 82 valence electrons. The summed E-state index contributed by atoms with van der Waals surface area (Å²) in [7, 11) is 0. The molecule has 0 bridgehead atoms. The third-order valence-electron chi connectivity index (χ3n) is 3.03. The van der Waals surface area contributed by atoms with Crippen molar-refractivity contribution in [3.8, 4) is 0 Å². The molecule has 1 aromatic carbocycles. The Morgan fingerprint density at radius 3 is 2.27 bits per heavy atom. The van der Waals surface area contributed by atoms with Crippen molar-refractivity contribution in [3.63, 3.8) is 0 Å². The summed E-state index contributed by atoms with van der Waals surface area (Å²) in [6.07, 6.45) is -0.142. The first-order valence-corrected chi connectivity index (χ1v) is 5.32. The van der Waals surface area contributed by atoms with Crippen LogP contribution in [0.2, 0.25) is 0 Å². The van der Waals surface area contributed by atoms with Crippen molar-refractivity contribution in [3.05, 3.63) is 35.4 Å². The van der Waals surface area contributed by atoms with Crippen LogP contribution in [0.3, 0.4) is 0 Å². The first-order chi connectivity index (χ1) is 7.13. The summed E-state index contributed by atoms with van der Waals surface area (Å²) in [5.74, 6) is -2.18. The zero-order chi connectivity index (χ0) is 10.9. The molecule has 0 saturated carbocycles. The van der Waals surface area contributed by atoms with Crippen LogP contribution in [-0.2, 0) is 5.92 Å². The van der Waals surface area contributed by atoms with Crippen molar-refractivity contribution in [2.45, 2.75) is 25.2 Å². The molecule has 0 atom stereocenters. The maximum Gasteiger partial charge on any atom is 0.273 e. The van der Waals surface area contributed by atoms with Gasteiger partial charge in [0.2, 0.25) is 0 Å². The van der Waals surface area contributed by atoms with Gasteiger partial charge in [-0.3, -0.25) is 0 Å². The zero-order valence-corrected chi connectivity index (χ0v) is 8.76. The van der Waals surface area contributed by atoms with Gasteiger partial charge >= 0.3 is 0 Å². The Kier molecular flexibility index (Phi) is 2.74. The zero-order valence-electron chi connectivity index (χ0n) is 8.76. The molecule has 0 unspecified atom stereocenters. The average molecular weight is 211 g/mol. The number of hydrogen-bond donors (Lipinski definition) is 1. The molecule has 1 heterocycles. The normalized spacial score (nSPS) is 17.5. The average Bonchev–Trinajstić information content (AvgIpc) is 2.16. The van der Waals surface area contributed by atoms with Crippen molar-refractivity contribution >= 4 is 0 Å². The van der Waals surface area contributed by atoms with Crippen LogP contribution in [0.4, 0.5) is 8.78 Å². The molecule has 0 amide bonds. The summed E-state index contributed by atoms with van der Waals surface area (Å²) >= 11 is 0. The van der Waals surface area contributed by atoms with E-state index in [1.165, 1.54) is 6.92 Å². The van der Waals surface area contributed by atoms with Gasteiger partial charge in [-0.2, -0.15) is 0 Å². The molecule has 0 radical (unpaired) electrons. The second-order valence-corrected chi connectivity index (χ2v) is 4.04. The maximum atomic E-state index is 13.3. The van der Waals surface area contributed by atoms with Crippen LogP contribution in [0.25, 0.3) is 0 Å². The predicted octanol–water partition coefficient (Wildman–Crippen LogP) is 2.88. The van der Waals surface area contributed by atoms with Crippen LogP contribution in [0, 0.1) is 0 Å². The lowest BCUT2D eigenvalue weighted by Crippen LogP contribution is -2.39. The molecule has 1 nitrogen and oxygen atoms in total. The van der Waals surface area contributed by atoms with E-state index < -0.39 is 5.92 Å². The second-order valence-electron chi connectivity index (χ2n) is 4.04. The number of rotatable bonds is 3. The Balaban J connectivity index is 2.16. The van der Waals surface area contributed by atoms with Crippen molar-refractivity contribution < 1.29 is 8.78 Å². The third-order valence-corrected chi connectivity index (χ3v) is 3.03. The van der Waals surface area contributed by atoms with Crippen LogP contribution in [0.5, 0.6) is 0 Å². The summed E-state index contributed by atoms with van der Waals surface area (Å²) in [6, 6.07) is 6.75. The summed E-state index contributed by atoms with van der Waals surface area (Å²) in [4.78, 5) is 0. The van der Waals surface area contributed by atoms with Crippen molar-refractivity contribution in [1.29, 1.82) is 0 Å². The molecular weight excluding hydrogens is 196 g/mol. The molecule has 1 aliphatic rings. The molecule has 1 aliphatic heterocycles. The van der Waals surface area contributed by atoms with Gasteiger partial charge in [-0.05, 0) is 5.56 Å². The molecule has 0 aromatic heterocycles. The van der Waals surface area contributed by atoms with Crippen LogP contribution in [0.1, 0.15) is 30.4 Å². The topological polar surface area (TPSA) is 12.0 Å². The van der Waals surface area contributed by atoms with Gasteiger partial charge in [0.1, 0.15) is 0 Å². The van der Waals surface area contributed by atoms with Gasteiger partial charge in [-0.15, -0.1) is 0 Å². The van der Waals surface area contributed by atoms with E-state index in [-0.39, 0.29) is 12.0 Å². The number of nitrogens with one attached hydrogen (secondary N) is 1. The summed E-state index contributed by atoms with van der Waals surface area (Å²) < 4.78 is 26.6. The van der Waals surface area contributed by atoms with Crippen LogP contribution in [-0.4, -0.2) is 13.1 Å². The SMILES string of the molecule is CCC(F)(F)c1ccc(C2CNC2)cc1. The maximum absolute atomic E-state index is 13.3. The number of hydrogen-bond acceptors (Lipinski definition) is 1. The van der Waals surface area contributed by atoms with E-state index >= 15 is 0 Å². The van der Waals surface area contributed by atoms with Crippen LogP contribution in [0.15, 0.2) is 24.3 Å². The van der Waals surface area contributed by atoms with Gasteiger partial charge in [-0.1, -0.05) is 31.2 Å². The Bertz CT molecular complexity index is 328. The Hall–Kier alpha value is -0.960. The van der Waals surface area contributed by atoms with Gasteiger partial charge in [-0.25, -0.2) is 8.78 Å². The minimum Gasteiger partial charge on any atom is -0.315 e. The van der Waals surface area contributed by atoms with E-state index in [0.717, 1.165) is 18.7 Å². The predicted molar refractivity (Wildman–Crippen MR) is 56.2 cm³/mol. The van der Waals surface area contributed by atoms with E-state index in [1.54, 1.807) is 12.1 Å². The smallest absolute Gasteiger partial charge is 0.273 e. The lowest BCUT2D eigenvalue weighted by molar-refractivity contribution is -0.00830. The van der Waals surface area contributed by atoms with Gasteiger partial charge in [0.05, 0.1) is 0 Å². The number of benzene rings is 1. The first kappa shape index (κ1) is 10.6. The highest BCUT2D eigenvalue weighted by Gasteiger charge is 2.29. The second kappa shape index (κ2) is 3.89. The summed E-state index contributed by atoms with van der Waals surface area (Å²) in [6.45, 7) is 3.43. The van der Waals surface area contributed by atoms with E-state index in [2.05, 4.69) is 5.32 Å². The number of alkyl halides is 2. The lowest BCUT2D eigenvalue weighted by atomic mass is 9.92. The molecule has 2 rings (SSSR count). The Morgan fingerprint density at radius 1 is 1.27 bits per heavy atom. The van der Waals surface area contributed by atoms with Crippen molar-refractivity contribution in [1.82, 2.24) is 5.32 Å². The van der Waals surface area contributed by atoms with Gasteiger partial charge in [0, 0.05) is 31.0 Å². The summed E-state index contributed by atoms with van der Waals surface area (Å²) in [5.41, 5.74) is 1.28. The van der Waals surface area contributed by atoms with E-state index in [1.807, 2.05) is 12.1 Å². The van der Waals surface area contributed by atoms with Gasteiger partial charge in [0.15, 0.2) is 0 Å². The highest BCUT2D eigenvalue weighted by Crippen LogP contribution is 2.32. The van der Waals surface area contributed by atoms with E-state index in [9.17, 15) is 8.78 Å². The lowest BCUT2D eigenvalue weighted by Gasteiger charge is -2.27. The fourth-order valence-corrected chi connectivity index (χ4v) is 1.73. The van der Waals surface area contributed by atoms with Crippen molar-refractivity contribution in [2.75, 3.05) is 13.1 Å². The monoisotopic (exact) mass is 211 g/mol. The molecule has 0 aliphatic carbocycles. The Morgan fingerprint density at radius 2 is 1.87 bits per heavy atom. The van der Waals surface area contributed by atoms with E-state index in [4.69, 9.17) is 0 Å². The highest BCUT2D eigenvalue weighted by atomic mass is 19.3. The fourth-order valence-electron chi connectivity index (χ4n) is 1.73. The van der Waals surface area contributed by atoms with Gasteiger partial charge in [0.25, 0.3) is 5.92 Å². The van der Waals surface area contributed by atoms with E-state index in [0.29, 0.717) is 5.92 Å². The molecule has 3 heteroatoms. The molecule has 1 fully saturated rings. The summed E-state index contributed by atoms with van der Waals surface area (Å²) in [5, 5.41) is 3.17. The molecule has 0 spiro atoms. The largest absolute Gasteiger partial charge is 0.315 e. The molecule has 1 N–H and O–H groups in total. The fraction of sp³-hybridized carbons (Fsp3) is 0.500. The molecule has 1 aromatic rings. The van der Waals surface area contributed by atoms with Gasteiger partial charge < -0.3 is 5.32 Å². The standard InChI is InChI=1S/C12H15F2N/c1-2-12(13,14)11-5-3-9(4-6-11)10-7-15-8-10/h3-6,10,15H,2,7-8H2,1H3. The van der Waals surface area contributed by atoms with Crippen molar-refractivity contribution in [2.24, 2.45) is 0 Å². The van der Waals surface area contributed by atoms with Crippen LogP contribution >= 0.6 is 0 Å². The molecule has 1 saturated heterocycles. The molecular formula is C12H15F2N. The highest BCUT2D eigenvalue weighted by molar-refractivity contribution is 5.29. The number of halogens is 2. The minimum atomic E-state index is -2.68. The van der Waals surface area contributed by atoms with Crippen LogP contribution < -0.4 is 5.32 Å².